The molecular weight excluding hydrogens is 584 g/mol. The zero-order valence-corrected chi connectivity index (χ0v) is 25.6. The minimum atomic E-state index is -3.94. The predicted octanol–water partition coefficient (Wildman–Crippen LogP) is 4.45. The van der Waals surface area contributed by atoms with Crippen LogP contribution in [0.1, 0.15) is 37.6 Å². The quantitative estimate of drug-likeness (QED) is 0.251. The summed E-state index contributed by atoms with van der Waals surface area (Å²) in [6.45, 7) is 6.55. The van der Waals surface area contributed by atoms with Gasteiger partial charge in [0.05, 0.1) is 24.5 Å². The van der Waals surface area contributed by atoms with E-state index in [4.69, 9.17) is 9.84 Å². The van der Waals surface area contributed by atoms with Crippen LogP contribution < -0.4 is 20.1 Å². The molecule has 0 bridgehead atoms. The van der Waals surface area contributed by atoms with Crippen molar-refractivity contribution in [1.82, 2.24) is 28.9 Å². The average molecular weight is 619 g/mol. The predicted molar refractivity (Wildman–Crippen MR) is 166 cm³/mol. The van der Waals surface area contributed by atoms with Crippen molar-refractivity contribution < 1.29 is 22.7 Å². The molecule has 1 aliphatic rings. The smallest absolute Gasteiger partial charge is 0.347 e. The van der Waals surface area contributed by atoms with Gasteiger partial charge in [-0.2, -0.15) is 13.5 Å². The van der Waals surface area contributed by atoms with Crippen LogP contribution in [0.4, 0.5) is 21.1 Å². The molecule has 3 N–H and O–H groups in total. The van der Waals surface area contributed by atoms with Gasteiger partial charge in [0, 0.05) is 43.0 Å². The number of aromatic nitrogens is 3. The summed E-state index contributed by atoms with van der Waals surface area (Å²) in [5.74, 6) is 1.14. The summed E-state index contributed by atoms with van der Waals surface area (Å²) in [5, 5.41) is 11.5. The molecule has 14 heteroatoms. The highest BCUT2D eigenvalue weighted by Gasteiger charge is 2.38. The van der Waals surface area contributed by atoms with Gasteiger partial charge in [-0.25, -0.2) is 24.0 Å². The van der Waals surface area contributed by atoms with Gasteiger partial charge in [0.1, 0.15) is 11.6 Å². The summed E-state index contributed by atoms with van der Waals surface area (Å²) in [7, 11) is -2.57. The first-order valence-corrected chi connectivity index (χ1v) is 15.3. The van der Waals surface area contributed by atoms with Gasteiger partial charge in [-0.15, -0.1) is 0 Å². The lowest BCUT2D eigenvalue weighted by atomic mass is 9.92. The molecule has 0 atom stereocenters. The average Bonchev–Trinajstić information content (AvgIpc) is 3.49. The third-order valence-corrected chi connectivity index (χ3v) is 8.22. The molecule has 0 spiro atoms. The van der Waals surface area contributed by atoms with E-state index < -0.39 is 22.3 Å². The van der Waals surface area contributed by atoms with Crippen LogP contribution in [0.25, 0.3) is 5.69 Å². The van der Waals surface area contributed by atoms with E-state index in [1.165, 1.54) is 7.05 Å². The lowest BCUT2D eigenvalue weighted by molar-refractivity contribution is 0.132. The van der Waals surface area contributed by atoms with Crippen molar-refractivity contribution in [1.29, 1.82) is 0 Å². The van der Waals surface area contributed by atoms with E-state index in [0.29, 0.717) is 35.1 Å². The third kappa shape index (κ3) is 7.15. The second-order valence-corrected chi connectivity index (χ2v) is 12.8. The number of hydrogen-bond acceptors (Lipinski definition) is 7. The van der Waals surface area contributed by atoms with E-state index in [9.17, 15) is 18.0 Å². The summed E-state index contributed by atoms with van der Waals surface area (Å²) < 4.78 is 34.8. The van der Waals surface area contributed by atoms with E-state index in [-0.39, 0.29) is 12.0 Å². The monoisotopic (exact) mass is 618 g/mol. The summed E-state index contributed by atoms with van der Waals surface area (Å²) >= 11 is 0. The van der Waals surface area contributed by atoms with Crippen LogP contribution in [0, 0.1) is 0 Å². The molecule has 3 heterocycles. The second kappa shape index (κ2) is 12.3. The van der Waals surface area contributed by atoms with Crippen molar-refractivity contribution in [2.45, 2.75) is 39.2 Å². The summed E-state index contributed by atoms with van der Waals surface area (Å²) in [4.78, 5) is 28.8. The molecule has 1 fully saturated rings. The zero-order chi connectivity index (χ0) is 31.5. The number of rotatable bonds is 9. The number of nitrogens with one attached hydrogen (secondary N) is 3. The van der Waals surface area contributed by atoms with Crippen molar-refractivity contribution in [3.63, 3.8) is 0 Å². The molecule has 0 saturated carbocycles. The fourth-order valence-electron chi connectivity index (χ4n) is 4.36. The van der Waals surface area contributed by atoms with Crippen molar-refractivity contribution in [3.8, 4) is 11.4 Å². The van der Waals surface area contributed by atoms with Crippen molar-refractivity contribution >= 4 is 33.8 Å². The summed E-state index contributed by atoms with van der Waals surface area (Å²) in [5.41, 5.74) is 3.50. The van der Waals surface area contributed by atoms with Crippen molar-refractivity contribution in [3.05, 3.63) is 95.9 Å². The normalized spacial score (nSPS) is 14.7. The van der Waals surface area contributed by atoms with Crippen LogP contribution in [-0.4, -0.2) is 58.3 Å². The van der Waals surface area contributed by atoms with Gasteiger partial charge >= 0.3 is 22.3 Å². The number of hydrazine groups is 1. The number of anilines is 2. The highest BCUT2D eigenvalue weighted by atomic mass is 32.2. The molecule has 2 aromatic carbocycles. The molecule has 0 unspecified atom stereocenters. The Bertz CT molecular complexity index is 1730. The Morgan fingerprint density at radius 2 is 1.64 bits per heavy atom. The molecular formula is C30H34N8O5S. The van der Waals surface area contributed by atoms with Crippen LogP contribution in [-0.2, 0) is 28.6 Å². The van der Waals surface area contributed by atoms with Crippen molar-refractivity contribution in [2.75, 3.05) is 24.3 Å². The molecule has 2 aromatic heterocycles. The van der Waals surface area contributed by atoms with Crippen LogP contribution in [0.15, 0.2) is 79.1 Å². The molecule has 4 aromatic rings. The number of nitrogens with zero attached hydrogens (tertiary/aromatic N) is 5. The molecule has 0 radical (unpaired) electrons. The number of pyridine rings is 1. The third-order valence-electron chi connectivity index (χ3n) is 6.86. The minimum absolute atomic E-state index is 0.0354. The van der Waals surface area contributed by atoms with Crippen LogP contribution in [0.3, 0.4) is 0 Å². The zero-order valence-electron chi connectivity index (χ0n) is 24.8. The Kier molecular flexibility index (Phi) is 8.56. The van der Waals surface area contributed by atoms with Gasteiger partial charge in [-0.05, 0) is 59.7 Å². The number of carbonyl (C=O) groups excluding carboxylic acids is 2. The van der Waals surface area contributed by atoms with E-state index in [2.05, 4.69) is 15.6 Å². The van der Waals surface area contributed by atoms with Crippen molar-refractivity contribution in [2.24, 2.45) is 0 Å². The minimum Gasteiger partial charge on any atom is -0.493 e. The van der Waals surface area contributed by atoms with Gasteiger partial charge in [0.25, 0.3) is 0 Å². The molecule has 13 nitrogen and oxygen atoms in total. The maximum atomic E-state index is 13.0. The molecule has 0 aliphatic carbocycles. The molecule has 5 rings (SSSR count). The lowest BCUT2D eigenvalue weighted by Gasteiger charge is -2.20. The molecule has 230 valence electrons. The van der Waals surface area contributed by atoms with Gasteiger partial charge < -0.3 is 10.1 Å². The maximum Gasteiger partial charge on any atom is 0.347 e. The Morgan fingerprint density at radius 1 is 0.955 bits per heavy atom. The number of urea groups is 2. The topological polar surface area (TPSA) is 151 Å². The first-order valence-electron chi connectivity index (χ1n) is 13.9. The fourth-order valence-corrected chi connectivity index (χ4v) is 5.54. The van der Waals surface area contributed by atoms with Crippen LogP contribution >= 0.6 is 0 Å². The summed E-state index contributed by atoms with van der Waals surface area (Å²) in [6, 6.07) is 18.7. The number of benzene rings is 2. The molecule has 4 amide bonds. The second-order valence-electron chi connectivity index (χ2n) is 11.2. The van der Waals surface area contributed by atoms with E-state index in [1.807, 2.05) is 43.7 Å². The molecule has 44 heavy (non-hydrogen) atoms. The Balaban J connectivity index is 1.25. The Hall–Kier alpha value is -4.95. The first-order chi connectivity index (χ1) is 20.9. The van der Waals surface area contributed by atoms with Crippen LogP contribution in [0.2, 0.25) is 0 Å². The number of amides is 4. The van der Waals surface area contributed by atoms with Gasteiger partial charge in [-0.3, -0.25) is 10.3 Å². The summed E-state index contributed by atoms with van der Waals surface area (Å²) in [6.07, 6.45) is 4.26. The highest BCUT2D eigenvalue weighted by Crippen LogP contribution is 2.27. The van der Waals surface area contributed by atoms with Gasteiger partial charge in [0.2, 0.25) is 0 Å². The van der Waals surface area contributed by atoms with E-state index in [0.717, 1.165) is 27.1 Å². The number of hydrogen-bond donors (Lipinski definition) is 3. The van der Waals surface area contributed by atoms with E-state index >= 15 is 0 Å². The number of ether oxygens (including phenoxy) is 1. The van der Waals surface area contributed by atoms with Gasteiger partial charge in [-0.1, -0.05) is 37.3 Å². The maximum absolute atomic E-state index is 13.0. The SMILES string of the molecule is CN1C(=O)NS(=O)(=O)N1Cc1ccc(-n2nc(C(C)(C)C)cc2NC(=O)Nc2ccc(OCCc3ccncc3)cc2)cc1. The fraction of sp³-hybridized carbons (Fsp3) is 0.267. The molecule has 1 aliphatic heterocycles. The van der Waals surface area contributed by atoms with Gasteiger partial charge in [0.15, 0.2) is 0 Å². The standard InChI is InChI=1S/C30H34N8O5S/c1-30(2,3)26-19-27(33-28(39)32-23-7-11-25(12-8-23)43-18-15-21-13-16-31-17-14-21)38(34-26)24-9-5-22(6-10-24)20-37-36(4)29(40)35-44(37,41)42/h5-14,16-17,19H,15,18,20H2,1-4H3,(H,35,40)(H2,32,33,39). The van der Waals surface area contributed by atoms with E-state index in [1.54, 1.807) is 65.6 Å². The lowest BCUT2D eigenvalue weighted by Crippen LogP contribution is -2.36. The largest absolute Gasteiger partial charge is 0.493 e. The number of carbonyl (C=O) groups is 2. The highest BCUT2D eigenvalue weighted by molar-refractivity contribution is 7.88. The Labute approximate surface area is 256 Å². The Morgan fingerprint density at radius 3 is 2.25 bits per heavy atom. The van der Waals surface area contributed by atoms with Crippen LogP contribution in [0.5, 0.6) is 5.75 Å². The first kappa shape index (κ1) is 30.5. The molecule has 1 saturated heterocycles.